The van der Waals surface area contributed by atoms with Gasteiger partial charge in [0.15, 0.2) is 5.82 Å². The van der Waals surface area contributed by atoms with Crippen molar-refractivity contribution in [2.45, 2.75) is 31.8 Å². The lowest BCUT2D eigenvalue weighted by atomic mass is 10.3. The molecule has 0 radical (unpaired) electrons. The number of hydrogen-bond donors (Lipinski definition) is 3. The third-order valence-electron chi connectivity index (χ3n) is 4.06. The highest BCUT2D eigenvalue weighted by molar-refractivity contribution is 5.59. The Hall–Kier alpha value is -3.55. The van der Waals surface area contributed by atoms with Crippen molar-refractivity contribution in [1.29, 1.82) is 0 Å². The van der Waals surface area contributed by atoms with Crippen molar-refractivity contribution in [2.75, 3.05) is 17.2 Å². The first-order valence-electron chi connectivity index (χ1n) is 9.45. The number of rotatable bonds is 7. The van der Waals surface area contributed by atoms with E-state index in [9.17, 15) is 31.4 Å². The van der Waals surface area contributed by atoms with Gasteiger partial charge in [-0.2, -0.15) is 41.3 Å². The number of aliphatic hydroxyl groups excluding tert-OH is 1. The highest BCUT2D eigenvalue weighted by Gasteiger charge is 2.33. The molecule has 0 amide bonds. The summed E-state index contributed by atoms with van der Waals surface area (Å²) in [7, 11) is 0. The zero-order chi connectivity index (χ0) is 24.2. The van der Waals surface area contributed by atoms with Crippen LogP contribution in [0.15, 0.2) is 36.5 Å². The maximum atomic E-state index is 13.0. The van der Waals surface area contributed by atoms with Gasteiger partial charge in [-0.15, -0.1) is 0 Å². The van der Waals surface area contributed by atoms with Gasteiger partial charge in [-0.3, -0.25) is 4.98 Å². The maximum absolute atomic E-state index is 13.0. The lowest BCUT2D eigenvalue weighted by Crippen LogP contribution is -2.14. The minimum Gasteiger partial charge on any atom is -0.393 e. The molecule has 0 fully saturated rings. The van der Waals surface area contributed by atoms with Gasteiger partial charge in [0, 0.05) is 18.4 Å². The van der Waals surface area contributed by atoms with E-state index >= 15 is 0 Å². The van der Waals surface area contributed by atoms with Gasteiger partial charge in [0.1, 0.15) is 17.1 Å². The molecule has 0 bridgehead atoms. The molecule has 0 aromatic carbocycles. The second-order valence-electron chi connectivity index (χ2n) is 6.83. The number of nitrogens with one attached hydrogen (secondary N) is 2. The summed E-state index contributed by atoms with van der Waals surface area (Å²) >= 11 is 0. The summed E-state index contributed by atoms with van der Waals surface area (Å²) in [4.78, 5) is 18.9. The van der Waals surface area contributed by atoms with Crippen molar-refractivity contribution in [3.05, 3.63) is 47.9 Å². The van der Waals surface area contributed by atoms with Crippen molar-refractivity contribution in [3.8, 4) is 11.5 Å². The molecule has 0 saturated carbocycles. The van der Waals surface area contributed by atoms with Crippen molar-refractivity contribution in [2.24, 2.45) is 0 Å². The molecule has 3 N–H and O–H groups in total. The molecule has 0 saturated heterocycles. The van der Waals surface area contributed by atoms with Crippen LogP contribution in [0.4, 0.5) is 43.9 Å². The molecule has 3 rings (SSSR count). The van der Waals surface area contributed by atoms with Crippen molar-refractivity contribution < 1.29 is 31.4 Å². The number of hydrogen-bond acceptors (Lipinski definition) is 8. The Kier molecular flexibility index (Phi) is 6.95. The van der Waals surface area contributed by atoms with Crippen LogP contribution in [-0.4, -0.2) is 42.7 Å². The van der Waals surface area contributed by atoms with Crippen molar-refractivity contribution >= 4 is 17.6 Å². The molecular formula is C19H17F6N7O. The molecule has 0 aliphatic rings. The summed E-state index contributed by atoms with van der Waals surface area (Å²) < 4.78 is 77.9. The molecule has 3 aromatic rings. The van der Waals surface area contributed by atoms with Crippen LogP contribution in [0.3, 0.4) is 0 Å². The summed E-state index contributed by atoms with van der Waals surface area (Å²) in [5, 5.41) is 14.7. The lowest BCUT2D eigenvalue weighted by molar-refractivity contribution is -0.141. The Morgan fingerprint density at radius 3 is 2.27 bits per heavy atom. The molecular weight excluding hydrogens is 456 g/mol. The van der Waals surface area contributed by atoms with E-state index in [-0.39, 0.29) is 35.6 Å². The van der Waals surface area contributed by atoms with Gasteiger partial charge >= 0.3 is 12.4 Å². The Morgan fingerprint density at radius 1 is 0.909 bits per heavy atom. The summed E-state index contributed by atoms with van der Waals surface area (Å²) in [6.07, 6.45) is -8.78. The van der Waals surface area contributed by atoms with Crippen LogP contribution in [0.5, 0.6) is 0 Å². The first-order chi connectivity index (χ1) is 15.4. The smallest absolute Gasteiger partial charge is 0.393 e. The number of alkyl halides is 6. The fraction of sp³-hybridized carbons (Fsp3) is 0.316. The Balaban J connectivity index is 1.98. The van der Waals surface area contributed by atoms with Gasteiger partial charge in [0.2, 0.25) is 11.9 Å². The second kappa shape index (κ2) is 9.52. The third-order valence-corrected chi connectivity index (χ3v) is 4.06. The van der Waals surface area contributed by atoms with Gasteiger partial charge in [-0.25, -0.2) is 4.98 Å². The number of pyridine rings is 2. The van der Waals surface area contributed by atoms with E-state index in [2.05, 4.69) is 35.6 Å². The normalized spacial score (nSPS) is 13.0. The lowest BCUT2D eigenvalue weighted by Gasteiger charge is -2.12. The first-order valence-corrected chi connectivity index (χ1v) is 9.45. The predicted octanol–water partition coefficient (Wildman–Crippen LogP) is 4.29. The fourth-order valence-electron chi connectivity index (χ4n) is 2.53. The molecule has 176 valence electrons. The Labute approximate surface area is 183 Å². The predicted molar refractivity (Wildman–Crippen MR) is 105 cm³/mol. The van der Waals surface area contributed by atoms with Crippen LogP contribution in [-0.2, 0) is 12.4 Å². The highest BCUT2D eigenvalue weighted by Crippen LogP contribution is 2.31. The number of nitrogens with zero attached hydrogens (tertiary/aromatic N) is 5. The quantitative estimate of drug-likeness (QED) is 0.436. The van der Waals surface area contributed by atoms with Gasteiger partial charge in [0.25, 0.3) is 0 Å². The van der Waals surface area contributed by atoms with Crippen LogP contribution in [0.2, 0.25) is 0 Å². The molecule has 0 aliphatic carbocycles. The van der Waals surface area contributed by atoms with Crippen molar-refractivity contribution in [1.82, 2.24) is 24.9 Å². The minimum atomic E-state index is -4.70. The summed E-state index contributed by atoms with van der Waals surface area (Å²) in [6.45, 7) is 1.77. The van der Waals surface area contributed by atoms with E-state index < -0.39 is 29.8 Å². The fourth-order valence-corrected chi connectivity index (χ4v) is 2.53. The molecule has 0 aliphatic heterocycles. The standard InChI is InChI=1S/C19H17F6N7O/c1-10(33)5-7-27-16-30-15(12-3-2-4-13(29-12)18(20,21)22)31-17(32-16)28-11-6-8-26-14(9-11)19(23,24)25/h2-4,6,8-10,33H,5,7H2,1H3,(H2,26,27,28,30,31,32). The molecule has 3 aromatic heterocycles. The third kappa shape index (κ3) is 6.71. The van der Waals surface area contributed by atoms with Crippen LogP contribution in [0.25, 0.3) is 11.5 Å². The van der Waals surface area contributed by atoms with E-state index in [1.54, 1.807) is 6.92 Å². The van der Waals surface area contributed by atoms with Gasteiger partial charge < -0.3 is 15.7 Å². The summed E-state index contributed by atoms with van der Waals surface area (Å²) in [5.41, 5.74) is -2.60. The second-order valence-corrected chi connectivity index (χ2v) is 6.83. The number of halogens is 6. The monoisotopic (exact) mass is 473 g/mol. The number of aliphatic hydroxyl groups is 1. The van der Waals surface area contributed by atoms with E-state index in [0.717, 1.165) is 24.4 Å². The zero-order valence-corrected chi connectivity index (χ0v) is 16.9. The molecule has 14 heteroatoms. The summed E-state index contributed by atoms with van der Waals surface area (Å²) in [5.74, 6) is -0.561. The van der Waals surface area contributed by atoms with Crippen LogP contribution in [0.1, 0.15) is 24.7 Å². The van der Waals surface area contributed by atoms with Crippen LogP contribution >= 0.6 is 0 Å². The van der Waals surface area contributed by atoms with Gasteiger partial charge in [-0.1, -0.05) is 6.07 Å². The molecule has 0 spiro atoms. The molecule has 1 atom stereocenters. The maximum Gasteiger partial charge on any atom is 0.433 e. The largest absolute Gasteiger partial charge is 0.433 e. The molecule has 1 unspecified atom stereocenters. The molecule has 3 heterocycles. The van der Waals surface area contributed by atoms with Gasteiger partial charge in [-0.05, 0) is 37.6 Å². The molecule has 8 nitrogen and oxygen atoms in total. The average molecular weight is 473 g/mol. The van der Waals surface area contributed by atoms with E-state index in [1.807, 2.05) is 0 Å². The van der Waals surface area contributed by atoms with Crippen LogP contribution < -0.4 is 10.6 Å². The van der Waals surface area contributed by atoms with E-state index in [1.165, 1.54) is 12.1 Å². The Bertz CT molecular complexity index is 1100. The topological polar surface area (TPSA) is 109 Å². The zero-order valence-electron chi connectivity index (χ0n) is 16.9. The highest BCUT2D eigenvalue weighted by atomic mass is 19.4. The van der Waals surface area contributed by atoms with E-state index in [4.69, 9.17) is 0 Å². The minimum absolute atomic E-state index is 0.0543. The first kappa shape index (κ1) is 24.1. The number of aromatic nitrogens is 5. The van der Waals surface area contributed by atoms with Crippen LogP contribution in [0, 0.1) is 0 Å². The van der Waals surface area contributed by atoms with Gasteiger partial charge in [0.05, 0.1) is 6.10 Å². The SMILES string of the molecule is CC(O)CCNc1nc(Nc2ccnc(C(F)(F)F)c2)nc(-c2cccc(C(F)(F)F)n2)n1. The Morgan fingerprint density at radius 2 is 1.61 bits per heavy atom. The van der Waals surface area contributed by atoms with E-state index in [0.29, 0.717) is 6.42 Å². The summed E-state index contributed by atoms with van der Waals surface area (Å²) in [6, 6.07) is 5.12. The number of anilines is 3. The van der Waals surface area contributed by atoms with Crippen molar-refractivity contribution in [3.63, 3.8) is 0 Å². The average Bonchev–Trinajstić information content (AvgIpc) is 2.72. The molecule has 33 heavy (non-hydrogen) atoms.